The van der Waals surface area contributed by atoms with Crippen LogP contribution >= 0.6 is 0 Å². The minimum Gasteiger partial charge on any atom is -0.481 e. The second-order valence-corrected chi connectivity index (χ2v) is 19.7. The normalized spacial score (nSPS) is 29.4. The third-order valence-electron chi connectivity index (χ3n) is 15.6. The zero-order valence-electron chi connectivity index (χ0n) is 40.6. The van der Waals surface area contributed by atoms with Gasteiger partial charge in [0.15, 0.2) is 6.29 Å². The molecule has 4 aliphatic rings. The van der Waals surface area contributed by atoms with E-state index in [0.29, 0.717) is 51.5 Å². The number of carbonyl (C=O) groups excluding carboxylic acids is 5. The Bertz CT molecular complexity index is 1690. The van der Waals surface area contributed by atoms with Gasteiger partial charge in [-0.25, -0.2) is 10.3 Å². The molecule has 9 N–H and O–H groups in total. The summed E-state index contributed by atoms with van der Waals surface area (Å²) < 4.78 is 20.8. The maximum absolute atomic E-state index is 12.6. The van der Waals surface area contributed by atoms with E-state index in [0.717, 1.165) is 19.3 Å². The van der Waals surface area contributed by atoms with Crippen LogP contribution in [0.25, 0.3) is 0 Å². The number of carboxylic acids is 2. The molecular formula is C47H79N5O16. The lowest BCUT2D eigenvalue weighted by Crippen LogP contribution is -2.62. The highest BCUT2D eigenvalue weighted by atomic mass is 16.7. The Morgan fingerprint density at radius 3 is 2.10 bits per heavy atom. The Morgan fingerprint density at radius 1 is 0.706 bits per heavy atom. The molecule has 5 amide bonds. The van der Waals surface area contributed by atoms with Gasteiger partial charge < -0.3 is 60.6 Å². The molecule has 0 bridgehead atoms. The average molecular weight is 970 g/mol. The predicted octanol–water partition coefficient (Wildman–Crippen LogP) is 1.41. The summed E-state index contributed by atoms with van der Waals surface area (Å²) in [6.45, 7) is 6.59. The number of nitrogens with one attached hydrogen (secondary N) is 5. The van der Waals surface area contributed by atoms with E-state index >= 15 is 0 Å². The van der Waals surface area contributed by atoms with Crippen LogP contribution in [0.2, 0.25) is 0 Å². The molecule has 12 atom stereocenters. The van der Waals surface area contributed by atoms with Crippen molar-refractivity contribution in [3.63, 3.8) is 0 Å². The van der Waals surface area contributed by atoms with Crippen molar-refractivity contribution in [2.75, 3.05) is 60.3 Å². The van der Waals surface area contributed by atoms with Gasteiger partial charge in [-0.2, -0.15) is 0 Å². The summed E-state index contributed by atoms with van der Waals surface area (Å²) in [5, 5.41) is 52.3. The highest BCUT2D eigenvalue weighted by molar-refractivity contribution is 5.86. The number of ether oxygens (including phenoxy) is 4. The van der Waals surface area contributed by atoms with Gasteiger partial charge in [-0.1, -0.05) is 20.8 Å². The number of hydrogen-bond donors (Lipinski definition) is 9. The van der Waals surface area contributed by atoms with Crippen LogP contribution in [0.5, 0.6) is 0 Å². The molecule has 21 heteroatoms. The molecule has 0 aliphatic heterocycles. The van der Waals surface area contributed by atoms with Gasteiger partial charge >= 0.3 is 11.9 Å². The molecule has 21 nitrogen and oxygen atoms in total. The van der Waals surface area contributed by atoms with Crippen molar-refractivity contribution in [3.8, 4) is 0 Å². The van der Waals surface area contributed by atoms with E-state index in [2.05, 4.69) is 47.5 Å². The molecule has 68 heavy (non-hydrogen) atoms. The third kappa shape index (κ3) is 16.0. The Hall–Kier alpha value is -3.99. The summed E-state index contributed by atoms with van der Waals surface area (Å²) >= 11 is 0. The Labute approximate surface area is 399 Å². The van der Waals surface area contributed by atoms with Crippen LogP contribution in [0, 0.1) is 46.3 Å². The van der Waals surface area contributed by atoms with Gasteiger partial charge in [-0.05, 0) is 111 Å². The zero-order chi connectivity index (χ0) is 50.0. The Kier molecular flexibility index (Phi) is 22.8. The first-order valence-corrected chi connectivity index (χ1v) is 24.4. The molecule has 4 fully saturated rings. The monoisotopic (exact) mass is 970 g/mol. The SMILES string of the molecule is COC(CCCNC(=O)CNC(=O)CCC(NC(=O)COCCOCCNC(=O)CCC(=O)NOC1CCC2(C)C(C1)CC(O)C1C2CC(O)C2(C)C(C(C)CCC(=O)O)CCC12)C(=O)O)OC. The van der Waals surface area contributed by atoms with Crippen LogP contribution in [0.4, 0.5) is 0 Å². The molecule has 0 aromatic carbocycles. The van der Waals surface area contributed by atoms with Gasteiger partial charge in [0.1, 0.15) is 12.6 Å². The minimum absolute atomic E-state index is 0.00737. The minimum atomic E-state index is -1.35. The van der Waals surface area contributed by atoms with Crippen LogP contribution in [0.1, 0.15) is 117 Å². The molecule has 0 heterocycles. The predicted molar refractivity (Wildman–Crippen MR) is 243 cm³/mol. The van der Waals surface area contributed by atoms with E-state index in [1.165, 1.54) is 14.2 Å². The largest absolute Gasteiger partial charge is 0.481 e. The lowest BCUT2D eigenvalue weighted by Gasteiger charge is -2.63. The average Bonchev–Trinajstić information content (AvgIpc) is 3.66. The molecule has 0 spiro atoms. The van der Waals surface area contributed by atoms with Crippen molar-refractivity contribution in [1.82, 2.24) is 26.7 Å². The number of carbonyl (C=O) groups is 7. The van der Waals surface area contributed by atoms with E-state index in [1.54, 1.807) is 0 Å². The van der Waals surface area contributed by atoms with Gasteiger partial charge in [0, 0.05) is 59.4 Å². The van der Waals surface area contributed by atoms with Crippen LogP contribution in [-0.4, -0.2) is 153 Å². The lowest BCUT2D eigenvalue weighted by molar-refractivity contribution is -0.212. The fourth-order valence-electron chi connectivity index (χ4n) is 11.9. The third-order valence-corrected chi connectivity index (χ3v) is 15.6. The topological polar surface area (TPSA) is 307 Å². The first-order chi connectivity index (χ1) is 32.3. The zero-order valence-corrected chi connectivity index (χ0v) is 40.6. The molecule has 4 saturated carbocycles. The Morgan fingerprint density at radius 2 is 1.40 bits per heavy atom. The maximum Gasteiger partial charge on any atom is 0.326 e. The number of aliphatic hydroxyl groups is 2. The molecule has 0 aromatic heterocycles. The number of aliphatic hydroxyl groups excluding tert-OH is 2. The lowest BCUT2D eigenvalue weighted by atomic mass is 9.43. The van der Waals surface area contributed by atoms with Crippen molar-refractivity contribution in [1.29, 1.82) is 0 Å². The van der Waals surface area contributed by atoms with Crippen molar-refractivity contribution in [2.45, 2.75) is 148 Å². The standard InChI is InChI=1S/C47H79N5O16/c1-28(8-15-42(60)61)31-9-10-32-44-33(25-36(54)47(31,32)3)46(2)17-16-30(23-29(46)24-35(44)53)68-52-39(57)14-13-37(55)49-19-20-66-21-22-67-27-41(59)51-34(45(62)63)11-12-38(56)50-26-40(58)48-18-6-7-43(64-4)65-5/h28-36,43-44,53-54H,6-27H2,1-5H3,(H,48,58)(H,49,55)(H,50,56)(H,51,59)(H,52,57)(H,60,61)(H,62,63). The smallest absolute Gasteiger partial charge is 0.326 e. The van der Waals surface area contributed by atoms with E-state index in [1.807, 2.05) is 0 Å². The number of aliphatic carboxylic acids is 2. The second kappa shape index (κ2) is 27.4. The first-order valence-electron chi connectivity index (χ1n) is 24.4. The van der Waals surface area contributed by atoms with E-state index < -0.39 is 60.4 Å². The fraction of sp³-hybridized carbons (Fsp3) is 0.851. The number of hydrogen-bond acceptors (Lipinski definition) is 14. The summed E-state index contributed by atoms with van der Waals surface area (Å²) in [6, 6.07) is -1.35. The number of methoxy groups -OCH3 is 2. The number of amides is 5. The fourth-order valence-corrected chi connectivity index (χ4v) is 11.9. The second-order valence-electron chi connectivity index (χ2n) is 19.7. The molecule has 0 radical (unpaired) electrons. The molecule has 4 rings (SSSR count). The number of hydroxylamine groups is 1. The van der Waals surface area contributed by atoms with Gasteiger partial charge in [0.2, 0.25) is 29.5 Å². The van der Waals surface area contributed by atoms with Crippen LogP contribution < -0.4 is 26.7 Å². The van der Waals surface area contributed by atoms with Gasteiger partial charge in [-0.3, -0.25) is 33.6 Å². The first kappa shape index (κ1) is 56.6. The quantitative estimate of drug-likeness (QED) is 0.0279. The van der Waals surface area contributed by atoms with Crippen LogP contribution in [-0.2, 0) is 57.3 Å². The van der Waals surface area contributed by atoms with Gasteiger partial charge in [0.05, 0.1) is 44.7 Å². The molecular weight excluding hydrogens is 891 g/mol. The van der Waals surface area contributed by atoms with Crippen molar-refractivity contribution in [3.05, 3.63) is 0 Å². The summed E-state index contributed by atoms with van der Waals surface area (Å²) in [7, 11) is 3.03. The van der Waals surface area contributed by atoms with Crippen molar-refractivity contribution < 1.29 is 77.8 Å². The molecule has 388 valence electrons. The highest BCUT2D eigenvalue weighted by Crippen LogP contribution is 2.68. The molecule has 12 unspecified atom stereocenters. The van der Waals surface area contributed by atoms with Crippen molar-refractivity contribution >= 4 is 41.5 Å². The molecule has 0 saturated heterocycles. The van der Waals surface area contributed by atoms with E-state index in [4.69, 9.17) is 23.8 Å². The maximum atomic E-state index is 12.6. The van der Waals surface area contributed by atoms with Crippen molar-refractivity contribution in [2.24, 2.45) is 46.3 Å². The summed E-state index contributed by atoms with van der Waals surface area (Å²) in [4.78, 5) is 90.2. The number of fused-ring (bicyclic) bond motifs is 5. The Balaban J connectivity index is 1.03. The number of carboxylic acid groups (broad SMARTS) is 2. The van der Waals surface area contributed by atoms with Gasteiger partial charge in [0.25, 0.3) is 0 Å². The summed E-state index contributed by atoms with van der Waals surface area (Å²) in [5.74, 6) is -3.69. The molecule has 0 aromatic rings. The van der Waals surface area contributed by atoms with E-state index in [9.17, 15) is 54.0 Å². The highest BCUT2D eigenvalue weighted by Gasteiger charge is 2.65. The van der Waals surface area contributed by atoms with Crippen LogP contribution in [0.3, 0.4) is 0 Å². The van der Waals surface area contributed by atoms with Gasteiger partial charge in [-0.15, -0.1) is 0 Å². The summed E-state index contributed by atoms with van der Waals surface area (Å²) in [5.41, 5.74) is 2.05. The van der Waals surface area contributed by atoms with Crippen LogP contribution in [0.15, 0.2) is 0 Å². The van der Waals surface area contributed by atoms with E-state index in [-0.39, 0.29) is 130 Å². The molecule has 4 aliphatic carbocycles. The summed E-state index contributed by atoms with van der Waals surface area (Å²) in [6.07, 6.45) is 4.89. The number of rotatable bonds is 30.